The Morgan fingerprint density at radius 3 is 2.81 bits per heavy atom. The maximum atomic E-state index is 11.2. The van der Waals surface area contributed by atoms with E-state index in [0.29, 0.717) is 0 Å². The third-order valence-corrected chi connectivity index (χ3v) is 6.84. The van der Waals surface area contributed by atoms with Crippen LogP contribution in [-0.2, 0) is 11.3 Å². The molecule has 2 aliphatic heterocycles. The highest BCUT2D eigenvalue weighted by atomic mass is 32.2. The SMILES string of the molecule is CCC1(CC(=O)O)CCN(Cc2ccc3c(c2)Nc2nccnc2S3)CC1. The van der Waals surface area contributed by atoms with Crippen molar-refractivity contribution < 1.29 is 9.90 Å². The Labute approximate surface area is 163 Å². The first-order valence-electron chi connectivity index (χ1n) is 9.40. The molecule has 0 aliphatic carbocycles. The molecule has 0 saturated carbocycles. The fourth-order valence-electron chi connectivity index (χ4n) is 4.00. The maximum Gasteiger partial charge on any atom is 0.303 e. The van der Waals surface area contributed by atoms with Gasteiger partial charge in [0, 0.05) is 23.8 Å². The molecule has 6 nitrogen and oxygen atoms in total. The number of hydrogen-bond donors (Lipinski definition) is 2. The van der Waals surface area contributed by atoms with Crippen LogP contribution in [0.4, 0.5) is 11.5 Å². The smallest absolute Gasteiger partial charge is 0.303 e. The highest BCUT2D eigenvalue weighted by molar-refractivity contribution is 7.99. The number of benzene rings is 1. The normalized spacial score (nSPS) is 18.3. The van der Waals surface area contributed by atoms with E-state index in [2.05, 4.69) is 45.3 Å². The summed E-state index contributed by atoms with van der Waals surface area (Å²) < 4.78 is 0. The van der Waals surface area contributed by atoms with Crippen molar-refractivity contribution in [2.45, 2.75) is 49.1 Å². The summed E-state index contributed by atoms with van der Waals surface area (Å²) in [5.41, 5.74) is 2.31. The molecular weight excluding hydrogens is 360 g/mol. The monoisotopic (exact) mass is 384 g/mol. The molecule has 0 atom stereocenters. The fraction of sp³-hybridized carbons (Fsp3) is 0.450. The van der Waals surface area contributed by atoms with Gasteiger partial charge in [0.25, 0.3) is 0 Å². The highest BCUT2D eigenvalue weighted by Gasteiger charge is 2.35. The second-order valence-corrected chi connectivity index (χ2v) is 8.50. The summed E-state index contributed by atoms with van der Waals surface area (Å²) in [4.78, 5) is 23.5. The molecule has 0 bridgehead atoms. The van der Waals surface area contributed by atoms with Crippen LogP contribution in [0.15, 0.2) is 40.5 Å². The summed E-state index contributed by atoms with van der Waals surface area (Å²) in [6.45, 7) is 4.91. The number of rotatable bonds is 5. The van der Waals surface area contributed by atoms with E-state index < -0.39 is 5.97 Å². The van der Waals surface area contributed by atoms with Crippen LogP contribution in [0.5, 0.6) is 0 Å². The topological polar surface area (TPSA) is 78.4 Å². The molecule has 27 heavy (non-hydrogen) atoms. The maximum absolute atomic E-state index is 11.2. The average molecular weight is 385 g/mol. The molecule has 3 heterocycles. The molecule has 1 saturated heterocycles. The van der Waals surface area contributed by atoms with E-state index in [-0.39, 0.29) is 11.8 Å². The van der Waals surface area contributed by atoms with Gasteiger partial charge in [-0.15, -0.1) is 0 Å². The third kappa shape index (κ3) is 3.94. The predicted octanol–water partition coefficient (Wildman–Crippen LogP) is 4.15. The van der Waals surface area contributed by atoms with Crippen molar-refractivity contribution in [2.24, 2.45) is 5.41 Å². The van der Waals surface area contributed by atoms with Crippen molar-refractivity contribution in [3.63, 3.8) is 0 Å². The van der Waals surface area contributed by atoms with E-state index in [1.54, 1.807) is 24.2 Å². The molecule has 1 aromatic heterocycles. The Balaban J connectivity index is 1.41. The average Bonchev–Trinajstić information content (AvgIpc) is 2.67. The van der Waals surface area contributed by atoms with Gasteiger partial charge in [0.15, 0.2) is 5.82 Å². The molecule has 4 rings (SSSR count). The molecule has 2 N–H and O–H groups in total. The Bertz CT molecular complexity index is 850. The summed E-state index contributed by atoms with van der Waals surface area (Å²) in [5.74, 6) is 0.137. The molecule has 2 aromatic rings. The zero-order valence-electron chi connectivity index (χ0n) is 15.4. The second kappa shape index (κ2) is 7.48. The number of nitrogens with one attached hydrogen (secondary N) is 1. The summed E-state index contributed by atoms with van der Waals surface area (Å²) in [6, 6.07) is 6.51. The van der Waals surface area contributed by atoms with E-state index in [4.69, 9.17) is 0 Å². The molecule has 1 aromatic carbocycles. The quantitative estimate of drug-likeness (QED) is 0.684. The molecular formula is C20H24N4O2S. The lowest BCUT2D eigenvalue weighted by atomic mass is 9.73. The van der Waals surface area contributed by atoms with Crippen molar-refractivity contribution in [3.8, 4) is 0 Å². The Morgan fingerprint density at radius 2 is 2.07 bits per heavy atom. The number of carboxylic acid groups (broad SMARTS) is 1. The van der Waals surface area contributed by atoms with Gasteiger partial charge in [-0.05, 0) is 55.5 Å². The van der Waals surface area contributed by atoms with Crippen LogP contribution in [0.25, 0.3) is 0 Å². The summed E-state index contributed by atoms with van der Waals surface area (Å²) in [5, 5.41) is 13.5. The molecule has 0 radical (unpaired) electrons. The van der Waals surface area contributed by atoms with Crippen molar-refractivity contribution in [1.29, 1.82) is 0 Å². The number of fused-ring (bicyclic) bond motifs is 2. The molecule has 1 fully saturated rings. The van der Waals surface area contributed by atoms with Crippen molar-refractivity contribution in [2.75, 3.05) is 18.4 Å². The van der Waals surface area contributed by atoms with Gasteiger partial charge in [-0.1, -0.05) is 24.8 Å². The van der Waals surface area contributed by atoms with Crippen LogP contribution < -0.4 is 5.32 Å². The number of aromatic nitrogens is 2. The van der Waals surface area contributed by atoms with Crippen LogP contribution in [0.3, 0.4) is 0 Å². The summed E-state index contributed by atoms with van der Waals surface area (Å²) >= 11 is 1.64. The minimum atomic E-state index is -0.674. The van der Waals surface area contributed by atoms with Crippen molar-refractivity contribution in [1.82, 2.24) is 14.9 Å². The zero-order chi connectivity index (χ0) is 18.9. The summed E-state index contributed by atoms with van der Waals surface area (Å²) in [7, 11) is 0. The highest BCUT2D eigenvalue weighted by Crippen LogP contribution is 2.42. The van der Waals surface area contributed by atoms with Crippen molar-refractivity contribution >= 4 is 29.2 Å². The Morgan fingerprint density at radius 1 is 1.30 bits per heavy atom. The Kier molecular flexibility index (Phi) is 5.06. The number of nitrogens with zero attached hydrogens (tertiary/aromatic N) is 3. The zero-order valence-corrected chi connectivity index (χ0v) is 16.3. The number of carboxylic acids is 1. The lowest BCUT2D eigenvalue weighted by Crippen LogP contribution is -2.40. The van der Waals surface area contributed by atoms with Gasteiger partial charge in [0.05, 0.1) is 12.1 Å². The first-order valence-corrected chi connectivity index (χ1v) is 10.2. The van der Waals surface area contributed by atoms with Gasteiger partial charge in [-0.2, -0.15) is 0 Å². The molecule has 142 valence electrons. The predicted molar refractivity (Wildman–Crippen MR) is 105 cm³/mol. The molecule has 0 spiro atoms. The van der Waals surface area contributed by atoms with Crippen LogP contribution >= 0.6 is 11.8 Å². The number of carbonyl (C=O) groups is 1. The first-order chi connectivity index (χ1) is 13.1. The molecule has 0 unspecified atom stereocenters. The van der Waals surface area contributed by atoms with Crippen molar-refractivity contribution in [3.05, 3.63) is 36.2 Å². The molecule has 7 heteroatoms. The van der Waals surface area contributed by atoms with Gasteiger partial charge < -0.3 is 10.4 Å². The van der Waals surface area contributed by atoms with Gasteiger partial charge in [-0.25, -0.2) is 9.97 Å². The standard InChI is InChI=1S/C20H24N4O2S/c1-2-20(12-17(25)26)5-9-24(10-6-20)13-14-3-4-16-15(11-14)23-18-19(27-16)22-8-7-21-18/h3-4,7-8,11H,2,5-6,9-10,12-13H2,1H3,(H,21,23)(H,25,26). The lowest BCUT2D eigenvalue weighted by Gasteiger charge is -2.40. The van der Waals surface area contributed by atoms with E-state index >= 15 is 0 Å². The first kappa shape index (κ1) is 18.3. The van der Waals surface area contributed by atoms with Crippen LogP contribution in [0, 0.1) is 5.41 Å². The number of hydrogen-bond acceptors (Lipinski definition) is 6. The van der Waals surface area contributed by atoms with Gasteiger partial charge >= 0.3 is 5.97 Å². The van der Waals surface area contributed by atoms with Gasteiger partial charge in [0.2, 0.25) is 0 Å². The number of aliphatic carboxylic acids is 1. The Hall–Kier alpha value is -2.12. The van der Waals surface area contributed by atoms with E-state index in [1.165, 1.54) is 5.56 Å². The van der Waals surface area contributed by atoms with Crippen LogP contribution in [0.2, 0.25) is 0 Å². The number of piperidine rings is 1. The van der Waals surface area contributed by atoms with E-state index in [0.717, 1.165) is 60.3 Å². The minimum absolute atomic E-state index is 0.0290. The molecule has 2 aliphatic rings. The summed E-state index contributed by atoms with van der Waals surface area (Å²) in [6.07, 6.45) is 6.55. The van der Waals surface area contributed by atoms with E-state index in [1.807, 2.05) is 0 Å². The van der Waals surface area contributed by atoms with Crippen LogP contribution in [-0.4, -0.2) is 39.0 Å². The third-order valence-electron chi connectivity index (χ3n) is 5.77. The number of anilines is 2. The van der Waals surface area contributed by atoms with Gasteiger partial charge in [0.1, 0.15) is 5.03 Å². The van der Waals surface area contributed by atoms with Crippen LogP contribution in [0.1, 0.15) is 38.2 Å². The second-order valence-electron chi connectivity index (χ2n) is 7.47. The molecule has 0 amide bonds. The fourth-order valence-corrected chi connectivity index (χ4v) is 4.88. The van der Waals surface area contributed by atoms with Gasteiger partial charge in [-0.3, -0.25) is 9.69 Å². The van der Waals surface area contributed by atoms with E-state index in [9.17, 15) is 9.90 Å². The lowest BCUT2D eigenvalue weighted by molar-refractivity contribution is -0.140. The largest absolute Gasteiger partial charge is 0.481 e. The minimum Gasteiger partial charge on any atom is -0.481 e. The number of likely N-dealkylation sites (tertiary alicyclic amines) is 1.